The van der Waals surface area contributed by atoms with Crippen LogP contribution in [0.15, 0.2) is 29.6 Å². The highest BCUT2D eigenvalue weighted by Gasteiger charge is 2.13. The maximum atomic E-state index is 13.5. The van der Waals surface area contributed by atoms with Crippen LogP contribution < -0.4 is 11.1 Å². The van der Waals surface area contributed by atoms with Gasteiger partial charge in [0.25, 0.3) is 5.91 Å². The molecular weight excluding hydrogens is 294 g/mol. The van der Waals surface area contributed by atoms with Crippen LogP contribution in [-0.2, 0) is 6.54 Å². The van der Waals surface area contributed by atoms with Gasteiger partial charge in [0.1, 0.15) is 11.6 Å². The third-order valence-electron chi connectivity index (χ3n) is 2.66. The van der Waals surface area contributed by atoms with Crippen molar-refractivity contribution in [3.8, 4) is 11.8 Å². The van der Waals surface area contributed by atoms with E-state index < -0.39 is 17.5 Å². The highest BCUT2D eigenvalue weighted by Crippen LogP contribution is 2.16. The number of halogens is 2. The minimum absolute atomic E-state index is 0.192. The summed E-state index contributed by atoms with van der Waals surface area (Å²) in [5.74, 6) is 3.43. The summed E-state index contributed by atoms with van der Waals surface area (Å²) >= 11 is 1.43. The summed E-state index contributed by atoms with van der Waals surface area (Å²) in [6, 6.07) is 4.66. The maximum absolute atomic E-state index is 13.5. The van der Waals surface area contributed by atoms with E-state index in [1.165, 1.54) is 11.3 Å². The first-order chi connectivity index (χ1) is 10.1. The summed E-state index contributed by atoms with van der Waals surface area (Å²) in [5, 5.41) is 4.44. The molecule has 0 saturated heterocycles. The molecule has 21 heavy (non-hydrogen) atoms. The van der Waals surface area contributed by atoms with Crippen LogP contribution >= 0.6 is 11.3 Å². The standard InChI is InChI=1S/C15H12F2N2OS/c16-11-3-4-12(13(17)8-11)15(20)19-9-14-10(2-1-6-18)5-7-21-14/h3-5,7-8H,6,9,18H2,(H,19,20). The number of benzene rings is 1. The van der Waals surface area contributed by atoms with Crippen LogP contribution in [0.2, 0.25) is 0 Å². The number of thiophene rings is 1. The molecule has 0 aliphatic rings. The van der Waals surface area contributed by atoms with Crippen molar-refractivity contribution in [3.05, 3.63) is 57.3 Å². The Bertz CT molecular complexity index is 716. The van der Waals surface area contributed by atoms with Crippen molar-refractivity contribution in [2.45, 2.75) is 6.54 Å². The lowest BCUT2D eigenvalue weighted by molar-refractivity contribution is 0.0947. The van der Waals surface area contributed by atoms with Gasteiger partial charge in [-0.05, 0) is 23.6 Å². The first-order valence-corrected chi connectivity index (χ1v) is 6.98. The fourth-order valence-corrected chi connectivity index (χ4v) is 2.43. The average molecular weight is 306 g/mol. The highest BCUT2D eigenvalue weighted by molar-refractivity contribution is 7.10. The van der Waals surface area contributed by atoms with E-state index in [0.29, 0.717) is 6.07 Å². The molecule has 6 heteroatoms. The lowest BCUT2D eigenvalue weighted by atomic mass is 10.2. The molecule has 1 aromatic heterocycles. The topological polar surface area (TPSA) is 55.1 Å². The van der Waals surface area contributed by atoms with Gasteiger partial charge in [-0.1, -0.05) is 11.8 Å². The Hall–Kier alpha value is -2.23. The molecule has 0 atom stereocenters. The molecule has 3 N–H and O–H groups in total. The third kappa shape index (κ3) is 3.88. The molecule has 0 fully saturated rings. The quantitative estimate of drug-likeness (QED) is 0.855. The molecule has 3 nitrogen and oxygen atoms in total. The van der Waals surface area contributed by atoms with E-state index >= 15 is 0 Å². The normalized spacial score (nSPS) is 9.86. The molecule has 0 saturated carbocycles. The van der Waals surface area contributed by atoms with Crippen LogP contribution in [0.4, 0.5) is 8.78 Å². The van der Waals surface area contributed by atoms with Gasteiger partial charge in [0, 0.05) is 16.5 Å². The largest absolute Gasteiger partial charge is 0.347 e. The van der Waals surface area contributed by atoms with E-state index in [2.05, 4.69) is 17.2 Å². The first kappa shape index (κ1) is 15.2. The molecule has 0 radical (unpaired) electrons. The second-order valence-electron chi connectivity index (χ2n) is 4.07. The van der Waals surface area contributed by atoms with Crippen LogP contribution in [0, 0.1) is 23.5 Å². The highest BCUT2D eigenvalue weighted by atomic mass is 32.1. The molecule has 1 amide bonds. The molecule has 0 bridgehead atoms. The number of rotatable bonds is 3. The predicted octanol–water partition coefficient (Wildman–Crippen LogP) is 2.27. The van der Waals surface area contributed by atoms with Crippen LogP contribution in [-0.4, -0.2) is 12.5 Å². The van der Waals surface area contributed by atoms with Gasteiger partial charge < -0.3 is 11.1 Å². The third-order valence-corrected chi connectivity index (χ3v) is 3.58. The Kier molecular flexibility index (Phi) is 5.04. The molecule has 108 valence electrons. The number of carbonyl (C=O) groups excluding carboxylic acids is 1. The Balaban J connectivity index is 2.06. The second-order valence-corrected chi connectivity index (χ2v) is 5.07. The average Bonchev–Trinajstić information content (AvgIpc) is 2.90. The van der Waals surface area contributed by atoms with E-state index in [1.807, 2.05) is 11.4 Å². The number of nitrogens with two attached hydrogens (primary N) is 1. The summed E-state index contributed by atoms with van der Waals surface area (Å²) in [6.45, 7) is 0.477. The van der Waals surface area contributed by atoms with Crippen molar-refractivity contribution in [1.29, 1.82) is 0 Å². The van der Waals surface area contributed by atoms with Crippen molar-refractivity contribution in [1.82, 2.24) is 5.32 Å². The van der Waals surface area contributed by atoms with Gasteiger partial charge in [-0.25, -0.2) is 8.78 Å². The molecule has 1 aromatic carbocycles. The van der Waals surface area contributed by atoms with Crippen molar-refractivity contribution in [2.24, 2.45) is 5.73 Å². The van der Waals surface area contributed by atoms with E-state index in [9.17, 15) is 13.6 Å². The monoisotopic (exact) mass is 306 g/mol. The van der Waals surface area contributed by atoms with E-state index in [1.54, 1.807) is 0 Å². The minimum atomic E-state index is -0.887. The zero-order valence-corrected chi connectivity index (χ0v) is 11.8. The van der Waals surface area contributed by atoms with Gasteiger partial charge in [-0.15, -0.1) is 11.3 Å². The van der Waals surface area contributed by atoms with Crippen molar-refractivity contribution in [3.63, 3.8) is 0 Å². The summed E-state index contributed by atoms with van der Waals surface area (Å²) in [7, 11) is 0. The van der Waals surface area contributed by atoms with Gasteiger partial charge in [-0.3, -0.25) is 4.79 Å². The SMILES string of the molecule is NCC#Cc1ccsc1CNC(=O)c1ccc(F)cc1F. The Morgan fingerprint density at radius 3 is 2.86 bits per heavy atom. The molecule has 0 unspecified atom stereocenters. The summed E-state index contributed by atoms with van der Waals surface area (Å²) in [5.41, 5.74) is 5.90. The summed E-state index contributed by atoms with van der Waals surface area (Å²) in [6.07, 6.45) is 0. The van der Waals surface area contributed by atoms with E-state index in [0.717, 1.165) is 22.6 Å². The van der Waals surface area contributed by atoms with Crippen molar-refractivity contribution < 1.29 is 13.6 Å². The van der Waals surface area contributed by atoms with Crippen molar-refractivity contribution >= 4 is 17.2 Å². The molecule has 0 aliphatic carbocycles. The molecule has 2 aromatic rings. The smallest absolute Gasteiger partial charge is 0.254 e. The fourth-order valence-electron chi connectivity index (χ4n) is 1.66. The molecule has 1 heterocycles. The van der Waals surface area contributed by atoms with Gasteiger partial charge >= 0.3 is 0 Å². The zero-order chi connectivity index (χ0) is 15.2. The van der Waals surface area contributed by atoms with Crippen LogP contribution in [0.3, 0.4) is 0 Å². The predicted molar refractivity (Wildman–Crippen MR) is 77.8 cm³/mol. The van der Waals surface area contributed by atoms with Gasteiger partial charge in [0.2, 0.25) is 0 Å². The number of carbonyl (C=O) groups is 1. The lowest BCUT2D eigenvalue weighted by Gasteiger charge is -2.05. The Labute approximate surface area is 124 Å². The first-order valence-electron chi connectivity index (χ1n) is 6.10. The minimum Gasteiger partial charge on any atom is -0.347 e. The van der Waals surface area contributed by atoms with Gasteiger partial charge in [-0.2, -0.15) is 0 Å². The van der Waals surface area contributed by atoms with Crippen LogP contribution in [0.25, 0.3) is 0 Å². The summed E-state index contributed by atoms with van der Waals surface area (Å²) in [4.78, 5) is 12.7. The number of hydrogen-bond acceptors (Lipinski definition) is 3. The fraction of sp³-hybridized carbons (Fsp3) is 0.133. The van der Waals surface area contributed by atoms with Crippen LogP contribution in [0.1, 0.15) is 20.8 Å². The Morgan fingerprint density at radius 2 is 2.14 bits per heavy atom. The molecule has 2 rings (SSSR count). The number of nitrogens with one attached hydrogen (secondary N) is 1. The number of hydrogen-bond donors (Lipinski definition) is 2. The maximum Gasteiger partial charge on any atom is 0.254 e. The van der Waals surface area contributed by atoms with Gasteiger partial charge in [0.05, 0.1) is 18.7 Å². The Morgan fingerprint density at radius 1 is 1.33 bits per heavy atom. The zero-order valence-electron chi connectivity index (χ0n) is 11.0. The van der Waals surface area contributed by atoms with Crippen LogP contribution in [0.5, 0.6) is 0 Å². The summed E-state index contributed by atoms with van der Waals surface area (Å²) < 4.78 is 26.3. The molecular formula is C15H12F2N2OS. The lowest BCUT2D eigenvalue weighted by Crippen LogP contribution is -2.23. The van der Waals surface area contributed by atoms with Gasteiger partial charge in [0.15, 0.2) is 0 Å². The van der Waals surface area contributed by atoms with E-state index in [-0.39, 0.29) is 18.7 Å². The second kappa shape index (κ2) is 6.97. The number of amides is 1. The molecule has 0 aliphatic heterocycles. The van der Waals surface area contributed by atoms with Crippen molar-refractivity contribution in [2.75, 3.05) is 6.54 Å². The van der Waals surface area contributed by atoms with E-state index in [4.69, 9.17) is 5.73 Å². The molecule has 0 spiro atoms.